The zero-order chi connectivity index (χ0) is 27.3. The molecule has 0 amide bonds. The summed E-state index contributed by atoms with van der Waals surface area (Å²) in [6.07, 6.45) is 6.00. The summed E-state index contributed by atoms with van der Waals surface area (Å²) < 4.78 is 11.6. The molecule has 3 rings (SSSR count). The molecule has 2 radical (unpaired) electrons. The Hall–Kier alpha value is -2.44. The van der Waals surface area contributed by atoms with Gasteiger partial charge in [-0.15, -0.1) is 27.0 Å². The van der Waals surface area contributed by atoms with E-state index in [1.807, 2.05) is 55.4 Å². The number of terminal acetylenes is 1. The van der Waals surface area contributed by atoms with E-state index in [2.05, 4.69) is 5.92 Å². The smallest absolute Gasteiger partial charge is 0.339 e. The van der Waals surface area contributed by atoms with Crippen LogP contribution < -0.4 is 0 Å². The Bertz CT molecular complexity index is 1030. The van der Waals surface area contributed by atoms with Crippen molar-refractivity contribution in [3.05, 3.63) is 34.9 Å². The number of carbonyl (C=O) groups excluding carboxylic acids is 2. The minimum Gasteiger partial charge on any atom is -0.459 e. The molecule has 2 saturated heterocycles. The van der Waals surface area contributed by atoms with Crippen LogP contribution in [0.1, 0.15) is 107 Å². The summed E-state index contributed by atoms with van der Waals surface area (Å²) in [6.45, 7) is 14.6. The molecule has 2 aliphatic heterocycles. The van der Waals surface area contributed by atoms with Crippen molar-refractivity contribution < 1.29 is 29.5 Å². The van der Waals surface area contributed by atoms with Crippen molar-refractivity contribution in [2.75, 3.05) is 0 Å². The Morgan fingerprint density at radius 1 is 0.750 bits per heavy atom. The van der Waals surface area contributed by atoms with Crippen molar-refractivity contribution in [3.8, 4) is 12.3 Å². The van der Waals surface area contributed by atoms with Gasteiger partial charge in [0.25, 0.3) is 0 Å². The lowest BCUT2D eigenvalue weighted by Crippen LogP contribution is -2.60. The Morgan fingerprint density at radius 3 is 1.47 bits per heavy atom. The number of rotatable bonds is 4. The molecule has 1 aromatic carbocycles. The number of esters is 2. The van der Waals surface area contributed by atoms with Gasteiger partial charge < -0.3 is 9.47 Å². The number of piperidine rings is 2. The third-order valence-corrected chi connectivity index (χ3v) is 7.28. The summed E-state index contributed by atoms with van der Waals surface area (Å²) in [5.41, 5.74) is -2.35. The minimum absolute atomic E-state index is 0.0235. The van der Waals surface area contributed by atoms with Crippen LogP contribution in [0.15, 0.2) is 18.2 Å². The Labute approximate surface area is 214 Å². The number of ether oxygens (including phenoxy) is 2. The van der Waals surface area contributed by atoms with E-state index in [-0.39, 0.29) is 11.1 Å². The molecule has 36 heavy (non-hydrogen) atoms. The number of carbonyl (C=O) groups is 2. The summed E-state index contributed by atoms with van der Waals surface area (Å²) in [5, 5.41) is 27.4. The molecule has 0 aromatic heterocycles. The molecule has 8 nitrogen and oxygen atoms in total. The Morgan fingerprint density at radius 2 is 1.11 bits per heavy atom. The molecule has 0 bridgehead atoms. The predicted molar refractivity (Wildman–Crippen MR) is 133 cm³/mol. The molecule has 2 fully saturated rings. The summed E-state index contributed by atoms with van der Waals surface area (Å²) in [5.74, 6) is 1.12. The normalized spacial score (nSPS) is 24.0. The SMILES string of the molecule is C#Cc1ccc(C(=O)OC2CC(C)(C)N([O])C(C)(C)C2)c(C(=O)OC2CC(C)(C)N([O])C(C)(C)C2)c1. The van der Waals surface area contributed by atoms with Gasteiger partial charge in [-0.3, -0.25) is 0 Å². The van der Waals surface area contributed by atoms with Gasteiger partial charge in [-0.2, -0.15) is 0 Å². The molecule has 2 aliphatic rings. The van der Waals surface area contributed by atoms with Gasteiger partial charge in [0.2, 0.25) is 0 Å². The van der Waals surface area contributed by atoms with E-state index < -0.39 is 46.3 Å². The maximum Gasteiger partial charge on any atom is 0.339 e. The lowest BCUT2D eigenvalue weighted by Gasteiger charge is -2.49. The number of hydrogen-bond acceptors (Lipinski definition) is 6. The molecule has 1 aromatic rings. The molecule has 0 atom stereocenters. The molecule has 8 heteroatoms. The maximum atomic E-state index is 13.3. The topological polar surface area (TPSA) is 98.9 Å². The third kappa shape index (κ3) is 5.60. The third-order valence-electron chi connectivity index (χ3n) is 7.28. The standard InChI is InChI=1S/C28H38N2O6/c1-10-18-11-12-21(23(31)35-19-14-25(2,3)29(33)26(4,5)15-19)22(13-18)24(32)36-20-16-27(6,7)30(34)28(8,9)17-20/h1,11-13,19-20H,14-17H2,2-9H3. The van der Waals surface area contributed by atoms with Gasteiger partial charge in [0.1, 0.15) is 12.2 Å². The molecule has 2 heterocycles. The molecule has 0 aliphatic carbocycles. The second-order valence-electron chi connectivity index (χ2n) is 12.6. The van der Waals surface area contributed by atoms with E-state index >= 15 is 0 Å². The molecule has 0 saturated carbocycles. The lowest BCUT2D eigenvalue weighted by atomic mass is 9.80. The van der Waals surface area contributed by atoms with Crippen molar-refractivity contribution in [1.82, 2.24) is 10.1 Å². The fourth-order valence-electron chi connectivity index (χ4n) is 5.92. The number of benzene rings is 1. The van der Waals surface area contributed by atoms with Crippen LogP contribution in [0.2, 0.25) is 0 Å². The van der Waals surface area contributed by atoms with Crippen LogP contribution in [0.25, 0.3) is 0 Å². The van der Waals surface area contributed by atoms with Gasteiger partial charge in [-0.25, -0.2) is 9.59 Å². The van der Waals surface area contributed by atoms with Gasteiger partial charge in [-0.05, 0) is 73.6 Å². The zero-order valence-corrected chi connectivity index (χ0v) is 22.6. The van der Waals surface area contributed by atoms with E-state index in [1.54, 1.807) is 6.07 Å². The molecule has 0 N–H and O–H groups in total. The molecule has 0 unspecified atom stereocenters. The summed E-state index contributed by atoms with van der Waals surface area (Å²) in [7, 11) is 0. The fraction of sp³-hybridized carbons (Fsp3) is 0.643. The average Bonchev–Trinajstić information content (AvgIpc) is 2.74. The first-order valence-corrected chi connectivity index (χ1v) is 12.4. The van der Waals surface area contributed by atoms with Crippen molar-refractivity contribution in [2.24, 2.45) is 0 Å². The molecule has 0 spiro atoms. The monoisotopic (exact) mass is 498 g/mol. The van der Waals surface area contributed by atoms with E-state index in [1.165, 1.54) is 12.1 Å². The van der Waals surface area contributed by atoms with E-state index in [9.17, 15) is 20.0 Å². The van der Waals surface area contributed by atoms with Gasteiger partial charge in [-0.1, -0.05) is 5.92 Å². The predicted octanol–water partition coefficient (Wildman–Crippen LogP) is 4.72. The molecule has 196 valence electrons. The Kier molecular flexibility index (Phi) is 7.39. The zero-order valence-electron chi connectivity index (χ0n) is 22.6. The van der Waals surface area contributed by atoms with Gasteiger partial charge in [0.15, 0.2) is 0 Å². The van der Waals surface area contributed by atoms with Gasteiger partial charge in [0.05, 0.1) is 11.1 Å². The second kappa shape index (κ2) is 9.46. The van der Waals surface area contributed by atoms with E-state index in [0.29, 0.717) is 31.2 Å². The van der Waals surface area contributed by atoms with Crippen LogP contribution in [-0.2, 0) is 19.9 Å². The largest absolute Gasteiger partial charge is 0.459 e. The first-order chi connectivity index (χ1) is 16.4. The fourth-order valence-corrected chi connectivity index (χ4v) is 5.92. The van der Waals surface area contributed by atoms with Crippen LogP contribution in [0.5, 0.6) is 0 Å². The van der Waals surface area contributed by atoms with Crippen molar-refractivity contribution in [1.29, 1.82) is 0 Å². The Balaban J connectivity index is 1.84. The van der Waals surface area contributed by atoms with Gasteiger partial charge >= 0.3 is 11.9 Å². The highest BCUT2D eigenvalue weighted by atomic mass is 16.6. The highest BCUT2D eigenvalue weighted by molar-refractivity contribution is 6.03. The van der Waals surface area contributed by atoms with E-state index in [0.717, 1.165) is 10.1 Å². The number of hydrogen-bond donors (Lipinski definition) is 0. The van der Waals surface area contributed by atoms with Crippen LogP contribution in [0.4, 0.5) is 0 Å². The first-order valence-electron chi connectivity index (χ1n) is 12.4. The minimum atomic E-state index is -0.717. The molecular formula is C28H38N2O6. The number of nitrogens with zero attached hydrogens (tertiary/aromatic N) is 2. The summed E-state index contributed by atoms with van der Waals surface area (Å²) in [4.78, 5) is 26.6. The highest BCUT2D eigenvalue weighted by Gasteiger charge is 2.49. The van der Waals surface area contributed by atoms with Crippen molar-refractivity contribution in [3.63, 3.8) is 0 Å². The summed E-state index contributed by atoms with van der Waals surface area (Å²) in [6, 6.07) is 4.50. The van der Waals surface area contributed by atoms with Crippen molar-refractivity contribution >= 4 is 11.9 Å². The molecular weight excluding hydrogens is 460 g/mol. The first kappa shape index (κ1) is 28.1. The maximum absolute atomic E-state index is 13.3. The van der Waals surface area contributed by atoms with Crippen molar-refractivity contribution in [2.45, 2.75) is 115 Å². The average molecular weight is 499 g/mol. The quantitative estimate of drug-likeness (QED) is 0.440. The van der Waals surface area contributed by atoms with Crippen LogP contribution in [-0.4, -0.2) is 56.4 Å². The van der Waals surface area contributed by atoms with Gasteiger partial charge in [0, 0.05) is 53.4 Å². The number of hydroxylamine groups is 4. The summed E-state index contributed by atoms with van der Waals surface area (Å²) >= 11 is 0. The highest BCUT2D eigenvalue weighted by Crippen LogP contribution is 2.40. The lowest BCUT2D eigenvalue weighted by molar-refractivity contribution is -0.298. The second-order valence-corrected chi connectivity index (χ2v) is 12.6. The van der Waals surface area contributed by atoms with Crippen LogP contribution in [0, 0.1) is 12.3 Å². The van der Waals surface area contributed by atoms with E-state index in [4.69, 9.17) is 15.9 Å². The van der Waals surface area contributed by atoms with Crippen LogP contribution in [0.3, 0.4) is 0 Å². The van der Waals surface area contributed by atoms with Crippen LogP contribution >= 0.6 is 0 Å².